The normalized spacial score (nSPS) is 17.8. The van der Waals surface area contributed by atoms with Gasteiger partial charge in [0.2, 0.25) is 5.91 Å². The van der Waals surface area contributed by atoms with Crippen LogP contribution in [-0.4, -0.2) is 34.4 Å². The monoisotopic (exact) mass is 452 g/mol. The molecule has 0 spiro atoms. The fourth-order valence-electron chi connectivity index (χ4n) is 3.03. The van der Waals surface area contributed by atoms with Gasteiger partial charge in [0.05, 0.1) is 12.6 Å². The van der Waals surface area contributed by atoms with E-state index in [1.54, 1.807) is 0 Å². The Kier molecular flexibility index (Phi) is 5.54. The molecule has 1 aromatic heterocycles. The van der Waals surface area contributed by atoms with Crippen LogP contribution in [0.15, 0.2) is 24.4 Å². The highest BCUT2D eigenvalue weighted by Gasteiger charge is 2.41. The molecular formula is C17H11ClF6N4O2. The zero-order chi connectivity index (χ0) is 22.4. The van der Waals surface area contributed by atoms with Gasteiger partial charge < -0.3 is 16.0 Å². The topological polar surface area (TPSA) is 88.3 Å². The van der Waals surface area contributed by atoms with Crippen molar-refractivity contribution >= 4 is 23.5 Å². The number of primary amides is 1. The molecule has 2 heterocycles. The van der Waals surface area contributed by atoms with Gasteiger partial charge in [-0.1, -0.05) is 17.7 Å². The van der Waals surface area contributed by atoms with Gasteiger partial charge in [-0.3, -0.25) is 4.79 Å². The maximum atomic E-state index is 14.7. The molecule has 1 aromatic carbocycles. The summed E-state index contributed by atoms with van der Waals surface area (Å²) in [6, 6.07) is -1.66. The van der Waals surface area contributed by atoms with E-state index in [2.05, 4.69) is 10.3 Å². The molecule has 3 N–H and O–H groups in total. The van der Waals surface area contributed by atoms with E-state index in [-0.39, 0.29) is 5.56 Å². The summed E-state index contributed by atoms with van der Waals surface area (Å²) in [4.78, 5) is 27.6. The highest BCUT2D eigenvalue weighted by atomic mass is 35.5. The summed E-state index contributed by atoms with van der Waals surface area (Å²) < 4.78 is 80.8. The van der Waals surface area contributed by atoms with E-state index in [0.717, 1.165) is 17.0 Å². The van der Waals surface area contributed by atoms with Crippen molar-refractivity contribution in [2.45, 2.75) is 18.3 Å². The third-order valence-electron chi connectivity index (χ3n) is 4.40. The number of carbonyl (C=O) groups excluding carboxylic acids is 2. The van der Waals surface area contributed by atoms with Gasteiger partial charge in [-0.15, -0.1) is 0 Å². The molecule has 1 saturated heterocycles. The van der Waals surface area contributed by atoms with Crippen LogP contribution in [0.1, 0.15) is 22.9 Å². The lowest BCUT2D eigenvalue weighted by molar-refractivity contribution is -0.143. The number of aromatic nitrogens is 1. The molecule has 30 heavy (non-hydrogen) atoms. The number of urea groups is 1. The van der Waals surface area contributed by atoms with Gasteiger partial charge in [0.25, 0.3) is 0 Å². The number of carbonyl (C=O) groups is 2. The van der Waals surface area contributed by atoms with E-state index in [1.165, 1.54) is 0 Å². The van der Waals surface area contributed by atoms with Crippen LogP contribution in [0.4, 0.5) is 31.1 Å². The lowest BCUT2D eigenvalue weighted by Gasteiger charge is -2.28. The highest BCUT2D eigenvalue weighted by molar-refractivity contribution is 6.31. The van der Waals surface area contributed by atoms with Crippen molar-refractivity contribution in [2.24, 2.45) is 5.73 Å². The van der Waals surface area contributed by atoms with Crippen LogP contribution in [0.25, 0.3) is 0 Å². The first-order chi connectivity index (χ1) is 13.9. The molecule has 3 rings (SSSR count). The summed E-state index contributed by atoms with van der Waals surface area (Å²) in [7, 11) is 0. The minimum absolute atomic E-state index is 0.373. The van der Waals surface area contributed by atoms with E-state index < -0.39 is 70.5 Å². The molecule has 1 unspecified atom stereocenters. The Morgan fingerprint density at radius 2 is 1.93 bits per heavy atom. The van der Waals surface area contributed by atoms with Crippen LogP contribution < -0.4 is 11.1 Å². The van der Waals surface area contributed by atoms with Gasteiger partial charge >= 0.3 is 12.2 Å². The zero-order valence-corrected chi connectivity index (χ0v) is 15.4. The molecule has 1 aliphatic heterocycles. The Hall–Kier alpha value is -3.02. The number of halogens is 7. The first-order valence-electron chi connectivity index (χ1n) is 8.14. The summed E-state index contributed by atoms with van der Waals surface area (Å²) in [6.45, 7) is -0.421. The number of rotatable bonds is 4. The van der Waals surface area contributed by atoms with E-state index >= 15 is 0 Å². The van der Waals surface area contributed by atoms with Crippen LogP contribution in [-0.2, 0) is 11.0 Å². The molecule has 13 heteroatoms. The summed E-state index contributed by atoms with van der Waals surface area (Å²) in [5.74, 6) is -5.16. The van der Waals surface area contributed by atoms with Gasteiger partial charge in [0.1, 0.15) is 22.7 Å². The first-order valence-corrected chi connectivity index (χ1v) is 8.52. The van der Waals surface area contributed by atoms with Crippen molar-refractivity contribution < 1.29 is 35.9 Å². The zero-order valence-electron chi connectivity index (χ0n) is 14.6. The maximum absolute atomic E-state index is 14.7. The average molecular weight is 453 g/mol. The largest absolute Gasteiger partial charge is 0.436 e. The Labute approximate surface area is 169 Å². The smallest absolute Gasteiger partial charge is 0.368 e. The summed E-state index contributed by atoms with van der Waals surface area (Å²) in [5, 5.41) is 1.27. The van der Waals surface area contributed by atoms with Crippen LogP contribution in [0, 0.1) is 17.5 Å². The number of nitrogens with one attached hydrogen (secondary N) is 1. The molecule has 0 aliphatic carbocycles. The molecule has 6 nitrogen and oxygen atoms in total. The minimum Gasteiger partial charge on any atom is -0.368 e. The van der Waals surface area contributed by atoms with Crippen molar-refractivity contribution in [3.8, 4) is 0 Å². The Bertz CT molecular complexity index is 1030. The second kappa shape index (κ2) is 7.67. The van der Waals surface area contributed by atoms with Crippen molar-refractivity contribution in [3.63, 3.8) is 0 Å². The van der Waals surface area contributed by atoms with Crippen LogP contribution in [0.3, 0.4) is 0 Å². The molecule has 0 saturated carbocycles. The van der Waals surface area contributed by atoms with Crippen molar-refractivity contribution in [3.05, 3.63) is 63.7 Å². The predicted molar refractivity (Wildman–Crippen MR) is 90.6 cm³/mol. The third kappa shape index (κ3) is 3.86. The predicted octanol–water partition coefficient (Wildman–Crippen LogP) is 3.14. The fraction of sp³-hybridized carbons (Fsp3) is 0.235. The van der Waals surface area contributed by atoms with Gasteiger partial charge in [0, 0.05) is 17.3 Å². The number of hydrogen-bond donors (Lipinski definition) is 2. The van der Waals surface area contributed by atoms with Gasteiger partial charge in [-0.2, -0.15) is 13.2 Å². The van der Waals surface area contributed by atoms with Gasteiger partial charge in [-0.05, 0) is 12.1 Å². The molecule has 2 atom stereocenters. The fourth-order valence-corrected chi connectivity index (χ4v) is 3.20. The molecule has 0 bridgehead atoms. The number of benzene rings is 1. The summed E-state index contributed by atoms with van der Waals surface area (Å²) in [5.41, 5.74) is 2.50. The quantitative estimate of drug-likeness (QED) is 0.552. The SMILES string of the molecule is NC(=O)C1CN([C@H](c2cnc(C(F)(F)F)c(F)c2)c2ccc(F)c(Cl)c2F)C(=O)N1. The van der Waals surface area contributed by atoms with Crippen LogP contribution in [0.2, 0.25) is 5.02 Å². The third-order valence-corrected chi connectivity index (χ3v) is 4.75. The molecule has 0 radical (unpaired) electrons. The Balaban J connectivity index is 2.17. The maximum Gasteiger partial charge on any atom is 0.436 e. The first kappa shape index (κ1) is 21.7. The number of nitrogens with two attached hydrogens (primary N) is 1. The highest BCUT2D eigenvalue weighted by Crippen LogP contribution is 2.37. The molecule has 3 amide bonds. The van der Waals surface area contributed by atoms with Gasteiger partial charge in [0.15, 0.2) is 11.5 Å². The minimum atomic E-state index is -5.09. The van der Waals surface area contributed by atoms with E-state index in [1.807, 2.05) is 0 Å². The van der Waals surface area contributed by atoms with Crippen molar-refractivity contribution in [2.75, 3.05) is 6.54 Å². The van der Waals surface area contributed by atoms with E-state index in [0.29, 0.717) is 12.3 Å². The summed E-state index contributed by atoms with van der Waals surface area (Å²) >= 11 is 5.57. The number of alkyl halides is 3. The van der Waals surface area contributed by atoms with Crippen molar-refractivity contribution in [1.29, 1.82) is 0 Å². The number of pyridine rings is 1. The lowest BCUT2D eigenvalue weighted by Crippen LogP contribution is -2.39. The molecule has 160 valence electrons. The Morgan fingerprint density at radius 1 is 1.27 bits per heavy atom. The molecule has 1 fully saturated rings. The second-order valence-corrected chi connectivity index (χ2v) is 6.70. The average Bonchev–Trinajstić information content (AvgIpc) is 3.03. The Morgan fingerprint density at radius 3 is 2.47 bits per heavy atom. The number of nitrogens with zero attached hydrogens (tertiary/aromatic N) is 2. The van der Waals surface area contributed by atoms with Crippen LogP contribution >= 0.6 is 11.6 Å². The number of hydrogen-bond acceptors (Lipinski definition) is 3. The standard InChI is InChI=1S/C17H11ClF6N4O2/c18-11-8(19)2-1-7(12(11)21)13(28-5-10(15(25)29)27-16(28)30)6-3-9(20)14(26-4-6)17(22,23)24/h1-4,10,13H,5H2,(H2,25,29)(H,27,30)/t10?,13-/m1/s1. The van der Waals surface area contributed by atoms with Crippen LogP contribution in [0.5, 0.6) is 0 Å². The van der Waals surface area contributed by atoms with E-state index in [9.17, 15) is 35.9 Å². The molecule has 2 aromatic rings. The molecule has 1 aliphatic rings. The summed E-state index contributed by atoms with van der Waals surface area (Å²) in [6.07, 6.45) is -4.50. The number of amides is 3. The van der Waals surface area contributed by atoms with Crippen molar-refractivity contribution in [1.82, 2.24) is 15.2 Å². The lowest BCUT2D eigenvalue weighted by atomic mass is 9.97. The molecular weight excluding hydrogens is 442 g/mol. The second-order valence-electron chi connectivity index (χ2n) is 6.32. The van der Waals surface area contributed by atoms with E-state index in [4.69, 9.17) is 17.3 Å². The van der Waals surface area contributed by atoms with Gasteiger partial charge in [-0.25, -0.2) is 22.9 Å².